The number of hydrogen-bond acceptors (Lipinski definition) is 5. The lowest BCUT2D eigenvalue weighted by molar-refractivity contribution is -0.274. The van der Waals surface area contributed by atoms with Gasteiger partial charge in [0.05, 0.1) is 6.04 Å². The van der Waals surface area contributed by atoms with Crippen molar-refractivity contribution in [3.8, 4) is 5.75 Å². The van der Waals surface area contributed by atoms with Crippen molar-refractivity contribution in [1.82, 2.24) is 10.2 Å². The van der Waals surface area contributed by atoms with Gasteiger partial charge in [0.25, 0.3) is 0 Å². The van der Waals surface area contributed by atoms with Crippen LogP contribution in [-0.4, -0.2) is 43.7 Å². The molecular formula is C17H18F3N3O3S. The maximum atomic E-state index is 12.1. The van der Waals surface area contributed by atoms with Crippen LogP contribution in [0, 0.1) is 0 Å². The topological polar surface area (TPSA) is 70.7 Å². The third-order valence-corrected chi connectivity index (χ3v) is 4.26. The molecule has 0 aliphatic heterocycles. The molecule has 10 heteroatoms. The van der Waals surface area contributed by atoms with Crippen molar-refractivity contribution >= 4 is 28.8 Å². The molecule has 0 saturated carbocycles. The van der Waals surface area contributed by atoms with E-state index < -0.39 is 23.9 Å². The van der Waals surface area contributed by atoms with Crippen LogP contribution in [0.5, 0.6) is 5.75 Å². The minimum atomic E-state index is -4.80. The number of anilines is 1. The molecule has 2 N–H and O–H groups in total. The van der Waals surface area contributed by atoms with Crippen LogP contribution >= 0.6 is 11.3 Å². The van der Waals surface area contributed by atoms with E-state index >= 15 is 0 Å². The van der Waals surface area contributed by atoms with Crippen LogP contribution in [0.2, 0.25) is 0 Å². The Labute approximate surface area is 157 Å². The molecule has 0 unspecified atom stereocenters. The van der Waals surface area contributed by atoms with Crippen LogP contribution in [0.3, 0.4) is 0 Å². The number of nitrogens with one attached hydrogen (secondary N) is 2. The smallest absolute Gasteiger partial charge is 0.406 e. The Morgan fingerprint density at radius 3 is 2.33 bits per heavy atom. The molecule has 1 aromatic carbocycles. The van der Waals surface area contributed by atoms with E-state index in [9.17, 15) is 22.8 Å². The molecule has 2 aromatic rings. The lowest BCUT2D eigenvalue weighted by atomic mass is 10.1. The van der Waals surface area contributed by atoms with Gasteiger partial charge in [-0.05, 0) is 60.8 Å². The predicted molar refractivity (Wildman–Crippen MR) is 95.5 cm³/mol. The summed E-state index contributed by atoms with van der Waals surface area (Å²) < 4.78 is 40.1. The molecule has 0 saturated heterocycles. The molecule has 0 fully saturated rings. The summed E-state index contributed by atoms with van der Waals surface area (Å²) in [6, 6.07) is 6.35. The lowest BCUT2D eigenvalue weighted by Crippen LogP contribution is -2.40. The summed E-state index contributed by atoms with van der Waals surface area (Å²) in [6.45, 7) is 0.231. The molecule has 1 atom stereocenters. The van der Waals surface area contributed by atoms with Gasteiger partial charge in [-0.25, -0.2) is 0 Å². The second-order valence-corrected chi connectivity index (χ2v) is 6.55. The normalized spacial score (nSPS) is 12.5. The van der Waals surface area contributed by atoms with Crippen LogP contribution in [0.15, 0.2) is 41.1 Å². The van der Waals surface area contributed by atoms with Gasteiger partial charge in [-0.15, -0.1) is 13.2 Å². The fourth-order valence-electron chi connectivity index (χ4n) is 2.26. The Morgan fingerprint density at radius 1 is 1.15 bits per heavy atom. The third-order valence-electron chi connectivity index (χ3n) is 3.56. The van der Waals surface area contributed by atoms with Crippen molar-refractivity contribution in [3.63, 3.8) is 0 Å². The van der Waals surface area contributed by atoms with Crippen molar-refractivity contribution in [2.24, 2.45) is 0 Å². The lowest BCUT2D eigenvalue weighted by Gasteiger charge is -2.23. The van der Waals surface area contributed by atoms with Gasteiger partial charge in [-0.1, -0.05) is 0 Å². The summed E-state index contributed by atoms with van der Waals surface area (Å²) in [5.74, 6) is -2.18. The molecule has 2 rings (SSSR count). The molecule has 0 aliphatic rings. The van der Waals surface area contributed by atoms with Gasteiger partial charge in [0.15, 0.2) is 0 Å². The number of likely N-dealkylation sites (N-methyl/N-ethyl adjacent to an activating group) is 1. The number of thiophene rings is 1. The highest BCUT2D eigenvalue weighted by Crippen LogP contribution is 2.24. The first-order valence-electron chi connectivity index (χ1n) is 7.79. The molecule has 0 radical (unpaired) electrons. The molecule has 0 aliphatic carbocycles. The molecule has 1 aromatic heterocycles. The molecular weight excluding hydrogens is 383 g/mol. The van der Waals surface area contributed by atoms with Crippen molar-refractivity contribution in [2.75, 3.05) is 26.0 Å². The van der Waals surface area contributed by atoms with E-state index in [1.54, 1.807) is 0 Å². The summed E-state index contributed by atoms with van der Waals surface area (Å²) >= 11 is 1.53. The Balaban J connectivity index is 1.89. The fraction of sp³-hybridized carbons (Fsp3) is 0.294. The highest BCUT2D eigenvalue weighted by molar-refractivity contribution is 7.07. The second kappa shape index (κ2) is 8.87. The van der Waals surface area contributed by atoms with E-state index in [0.717, 1.165) is 17.7 Å². The van der Waals surface area contributed by atoms with Crippen LogP contribution in [-0.2, 0) is 9.59 Å². The number of benzene rings is 1. The van der Waals surface area contributed by atoms with E-state index in [2.05, 4.69) is 15.4 Å². The monoisotopic (exact) mass is 401 g/mol. The predicted octanol–water partition coefficient (Wildman–Crippen LogP) is 3.00. The van der Waals surface area contributed by atoms with E-state index in [1.807, 2.05) is 35.8 Å². The summed E-state index contributed by atoms with van der Waals surface area (Å²) in [4.78, 5) is 25.9. The van der Waals surface area contributed by atoms with Crippen LogP contribution in [0.4, 0.5) is 18.9 Å². The number of halogens is 3. The highest BCUT2D eigenvalue weighted by Gasteiger charge is 2.31. The van der Waals surface area contributed by atoms with Crippen molar-refractivity contribution in [3.05, 3.63) is 46.7 Å². The summed E-state index contributed by atoms with van der Waals surface area (Å²) in [5, 5.41) is 8.76. The van der Waals surface area contributed by atoms with Gasteiger partial charge >= 0.3 is 18.2 Å². The second-order valence-electron chi connectivity index (χ2n) is 5.77. The number of ether oxygens (including phenoxy) is 1. The zero-order valence-electron chi connectivity index (χ0n) is 14.5. The molecule has 0 spiro atoms. The van der Waals surface area contributed by atoms with Crippen molar-refractivity contribution < 1.29 is 27.5 Å². The van der Waals surface area contributed by atoms with Gasteiger partial charge in [0.1, 0.15) is 5.75 Å². The van der Waals surface area contributed by atoms with Gasteiger partial charge in [-0.3, -0.25) is 9.59 Å². The SMILES string of the molecule is CN(C)[C@H](CNC(=O)C(=O)Nc1ccc(OC(F)(F)F)cc1)c1ccsc1. The first-order valence-corrected chi connectivity index (χ1v) is 8.73. The molecule has 27 heavy (non-hydrogen) atoms. The number of amides is 2. The van der Waals surface area contributed by atoms with E-state index in [0.29, 0.717) is 0 Å². The van der Waals surface area contributed by atoms with Crippen LogP contribution in [0.25, 0.3) is 0 Å². The summed E-state index contributed by atoms with van der Waals surface area (Å²) in [7, 11) is 3.72. The molecule has 0 bridgehead atoms. The largest absolute Gasteiger partial charge is 0.573 e. The van der Waals surface area contributed by atoms with E-state index in [4.69, 9.17) is 0 Å². The van der Waals surface area contributed by atoms with Gasteiger partial charge in [-0.2, -0.15) is 11.3 Å². The number of carbonyl (C=O) groups is 2. The average molecular weight is 401 g/mol. The van der Waals surface area contributed by atoms with E-state index in [1.165, 1.54) is 23.5 Å². The summed E-state index contributed by atoms with van der Waals surface area (Å²) in [6.07, 6.45) is -4.80. The zero-order valence-corrected chi connectivity index (χ0v) is 15.4. The van der Waals surface area contributed by atoms with Crippen molar-refractivity contribution in [1.29, 1.82) is 0 Å². The average Bonchev–Trinajstić information content (AvgIpc) is 3.09. The number of alkyl halides is 3. The molecule has 1 heterocycles. The number of nitrogens with zero attached hydrogens (tertiary/aromatic N) is 1. The Kier molecular flexibility index (Phi) is 6.81. The first kappa shape index (κ1) is 20.7. The minimum Gasteiger partial charge on any atom is -0.406 e. The van der Waals surface area contributed by atoms with Gasteiger partial charge in [0, 0.05) is 12.2 Å². The molecule has 146 valence electrons. The van der Waals surface area contributed by atoms with Gasteiger partial charge < -0.3 is 20.3 Å². The maximum absolute atomic E-state index is 12.1. The maximum Gasteiger partial charge on any atom is 0.573 e. The standard InChI is InChI=1S/C17H18F3N3O3S/c1-23(2)14(11-7-8-27-10-11)9-21-15(24)16(25)22-12-3-5-13(6-4-12)26-17(18,19)20/h3-8,10,14H,9H2,1-2H3,(H,21,24)(H,22,25)/t14-/m1/s1. The number of hydrogen-bond donors (Lipinski definition) is 2. The van der Waals surface area contributed by atoms with Crippen LogP contribution in [0.1, 0.15) is 11.6 Å². The Morgan fingerprint density at radius 2 is 1.81 bits per heavy atom. The molecule has 2 amide bonds. The zero-order chi connectivity index (χ0) is 20.0. The Bertz CT molecular complexity index is 762. The number of carbonyl (C=O) groups excluding carboxylic acids is 2. The van der Waals surface area contributed by atoms with Crippen molar-refractivity contribution in [2.45, 2.75) is 12.4 Å². The number of rotatable bonds is 6. The summed E-state index contributed by atoms with van der Waals surface area (Å²) in [5.41, 5.74) is 1.19. The Hall–Kier alpha value is -2.59. The first-order chi connectivity index (χ1) is 12.7. The molecule has 6 nitrogen and oxygen atoms in total. The fourth-order valence-corrected chi connectivity index (χ4v) is 2.97. The van der Waals surface area contributed by atoms with Crippen LogP contribution < -0.4 is 15.4 Å². The minimum absolute atomic E-state index is 0.0909. The quantitative estimate of drug-likeness (QED) is 0.730. The van der Waals surface area contributed by atoms with Gasteiger partial charge in [0.2, 0.25) is 0 Å². The van der Waals surface area contributed by atoms with E-state index in [-0.39, 0.29) is 18.3 Å². The highest BCUT2D eigenvalue weighted by atomic mass is 32.1. The third kappa shape index (κ3) is 6.57.